The van der Waals surface area contributed by atoms with Crippen LogP contribution in [0.15, 0.2) is 88.8 Å². The molecule has 0 spiro atoms. The Kier molecular flexibility index (Phi) is 6.59. The highest BCUT2D eigenvalue weighted by atomic mass is 16.6. The minimum absolute atomic E-state index is 0.274. The summed E-state index contributed by atoms with van der Waals surface area (Å²) in [6, 6.07) is 23.7. The van der Waals surface area contributed by atoms with Crippen molar-refractivity contribution in [3.63, 3.8) is 0 Å². The molecule has 0 fully saturated rings. The maximum atomic E-state index is 13.3. The predicted octanol–water partition coefficient (Wildman–Crippen LogP) is 4.28. The molecule has 33 heavy (non-hydrogen) atoms. The largest absolute Gasteiger partial charge is 0.478 e. The Bertz CT molecular complexity index is 1360. The van der Waals surface area contributed by atoms with Crippen LogP contribution in [-0.2, 0) is 9.53 Å². The molecule has 4 aromatic rings. The molecule has 0 amide bonds. The summed E-state index contributed by atoms with van der Waals surface area (Å²) in [6.45, 7) is 3.64. The zero-order valence-electron chi connectivity index (χ0n) is 18.3. The third kappa shape index (κ3) is 4.82. The lowest BCUT2D eigenvalue weighted by molar-refractivity contribution is -0.150. The molecule has 0 N–H and O–H groups in total. The number of hydrogen-bond donors (Lipinski definition) is 0. The number of para-hydroxylation sites is 2. The second kappa shape index (κ2) is 9.91. The average Bonchev–Trinajstić information content (AvgIpc) is 2.85. The number of hydrogen-bond acceptors (Lipinski definition) is 6. The molecular formula is C26H23N3O4. The van der Waals surface area contributed by atoms with Crippen LogP contribution in [0, 0.1) is 0 Å². The van der Waals surface area contributed by atoms with E-state index in [0.29, 0.717) is 28.0 Å². The summed E-state index contributed by atoms with van der Waals surface area (Å²) in [5.41, 5.74) is 1.68. The molecule has 7 heteroatoms. The fourth-order valence-corrected chi connectivity index (χ4v) is 3.32. The van der Waals surface area contributed by atoms with Crippen molar-refractivity contribution in [1.82, 2.24) is 9.66 Å². The van der Waals surface area contributed by atoms with Crippen molar-refractivity contribution >= 4 is 23.1 Å². The van der Waals surface area contributed by atoms with Gasteiger partial charge < -0.3 is 9.47 Å². The number of ether oxygens (including phenoxy) is 2. The summed E-state index contributed by atoms with van der Waals surface area (Å²) >= 11 is 0. The van der Waals surface area contributed by atoms with Crippen molar-refractivity contribution in [3.8, 4) is 17.1 Å². The van der Waals surface area contributed by atoms with E-state index >= 15 is 0 Å². The number of benzene rings is 3. The van der Waals surface area contributed by atoms with Crippen molar-refractivity contribution in [3.05, 3.63) is 94.8 Å². The van der Waals surface area contributed by atoms with Gasteiger partial charge in [0.25, 0.3) is 5.56 Å². The molecule has 0 aliphatic rings. The summed E-state index contributed by atoms with van der Waals surface area (Å²) in [5, 5.41) is 4.94. The average molecular weight is 441 g/mol. The fourth-order valence-electron chi connectivity index (χ4n) is 3.32. The minimum Gasteiger partial charge on any atom is -0.478 e. The number of fused-ring (bicyclic) bond motifs is 1. The molecule has 1 heterocycles. The zero-order chi connectivity index (χ0) is 23.2. The van der Waals surface area contributed by atoms with Gasteiger partial charge in [0.2, 0.25) is 0 Å². The Labute approximate surface area is 190 Å². The molecule has 1 aromatic heterocycles. The zero-order valence-corrected chi connectivity index (χ0v) is 18.3. The molecule has 0 saturated heterocycles. The third-order valence-electron chi connectivity index (χ3n) is 4.94. The number of carbonyl (C=O) groups excluding carboxylic acids is 1. The summed E-state index contributed by atoms with van der Waals surface area (Å²) in [4.78, 5) is 29.9. The normalized spacial score (nSPS) is 12.1. The molecule has 0 aliphatic carbocycles. The van der Waals surface area contributed by atoms with Gasteiger partial charge in [-0.05, 0) is 38.1 Å². The van der Waals surface area contributed by atoms with Gasteiger partial charge in [0.1, 0.15) is 5.75 Å². The molecule has 0 radical (unpaired) electrons. The Balaban J connectivity index is 1.77. The molecule has 7 nitrogen and oxygen atoms in total. The van der Waals surface area contributed by atoms with Gasteiger partial charge in [0.05, 0.1) is 23.7 Å². The second-order valence-corrected chi connectivity index (χ2v) is 7.23. The summed E-state index contributed by atoms with van der Waals surface area (Å²) < 4.78 is 12.1. The molecule has 0 aliphatic heterocycles. The molecule has 0 saturated carbocycles. The predicted molar refractivity (Wildman–Crippen MR) is 128 cm³/mol. The first-order valence-corrected chi connectivity index (χ1v) is 10.6. The highest BCUT2D eigenvalue weighted by Gasteiger charge is 2.17. The van der Waals surface area contributed by atoms with E-state index in [-0.39, 0.29) is 12.2 Å². The van der Waals surface area contributed by atoms with Crippen LogP contribution >= 0.6 is 0 Å². The maximum Gasteiger partial charge on any atom is 0.347 e. The van der Waals surface area contributed by atoms with Crippen LogP contribution in [0.3, 0.4) is 0 Å². The Morgan fingerprint density at radius 2 is 1.73 bits per heavy atom. The van der Waals surface area contributed by atoms with Crippen LogP contribution in [0.4, 0.5) is 0 Å². The molecule has 4 rings (SSSR count). The van der Waals surface area contributed by atoms with Gasteiger partial charge in [0, 0.05) is 11.1 Å². The van der Waals surface area contributed by atoms with Crippen LogP contribution in [0.5, 0.6) is 5.75 Å². The number of esters is 1. The SMILES string of the molecule is CCOC(=O)[C@@H](C)Oc1ccccc1C=Nn1c(-c2ccccc2)nc2ccccc2c1=O. The van der Waals surface area contributed by atoms with E-state index in [2.05, 4.69) is 10.1 Å². The van der Waals surface area contributed by atoms with Crippen LogP contribution < -0.4 is 10.3 Å². The highest BCUT2D eigenvalue weighted by Crippen LogP contribution is 2.20. The number of nitrogens with zero attached hydrogens (tertiary/aromatic N) is 3. The first-order valence-electron chi connectivity index (χ1n) is 10.6. The van der Waals surface area contributed by atoms with Gasteiger partial charge in [-0.2, -0.15) is 9.78 Å². The first kappa shape index (κ1) is 22.0. The molecule has 1 atom stereocenters. The van der Waals surface area contributed by atoms with Gasteiger partial charge in [-0.3, -0.25) is 4.79 Å². The van der Waals surface area contributed by atoms with E-state index < -0.39 is 12.1 Å². The molecule has 166 valence electrons. The quantitative estimate of drug-likeness (QED) is 0.316. The van der Waals surface area contributed by atoms with Crippen LogP contribution in [0.2, 0.25) is 0 Å². The van der Waals surface area contributed by atoms with Crippen molar-refractivity contribution < 1.29 is 14.3 Å². The van der Waals surface area contributed by atoms with Gasteiger partial charge in [-0.15, -0.1) is 0 Å². The van der Waals surface area contributed by atoms with Crippen molar-refractivity contribution in [2.24, 2.45) is 5.10 Å². The van der Waals surface area contributed by atoms with Crippen LogP contribution in [0.1, 0.15) is 19.4 Å². The summed E-state index contributed by atoms with van der Waals surface area (Å²) in [7, 11) is 0. The first-order chi connectivity index (χ1) is 16.1. The van der Waals surface area contributed by atoms with E-state index in [1.54, 1.807) is 50.2 Å². The van der Waals surface area contributed by atoms with Crippen LogP contribution in [-0.4, -0.2) is 34.6 Å². The standard InChI is InChI=1S/C26H23N3O4/c1-3-32-26(31)18(2)33-23-16-10-7-13-20(23)17-27-29-24(19-11-5-4-6-12-19)28-22-15-9-8-14-21(22)25(29)30/h4-18H,3H2,1-2H3/t18-/m1/s1. The second-order valence-electron chi connectivity index (χ2n) is 7.23. The maximum absolute atomic E-state index is 13.3. The van der Waals surface area contributed by atoms with E-state index in [9.17, 15) is 9.59 Å². The summed E-state index contributed by atoms with van der Waals surface area (Å²) in [5.74, 6) is 0.421. The van der Waals surface area contributed by atoms with Gasteiger partial charge >= 0.3 is 5.97 Å². The number of rotatable bonds is 7. The molecule has 0 unspecified atom stereocenters. The number of aromatic nitrogens is 2. The number of carbonyl (C=O) groups is 1. The van der Waals surface area contributed by atoms with Crippen LogP contribution in [0.25, 0.3) is 22.3 Å². The van der Waals surface area contributed by atoms with Crippen molar-refractivity contribution in [2.45, 2.75) is 20.0 Å². The van der Waals surface area contributed by atoms with Gasteiger partial charge in [-0.1, -0.05) is 54.6 Å². The van der Waals surface area contributed by atoms with E-state index in [0.717, 1.165) is 5.56 Å². The van der Waals surface area contributed by atoms with Gasteiger partial charge in [-0.25, -0.2) is 9.78 Å². The minimum atomic E-state index is -0.788. The monoisotopic (exact) mass is 441 g/mol. The van der Waals surface area contributed by atoms with Crippen molar-refractivity contribution in [2.75, 3.05) is 6.61 Å². The highest BCUT2D eigenvalue weighted by molar-refractivity contribution is 5.85. The lowest BCUT2D eigenvalue weighted by atomic mass is 10.2. The van der Waals surface area contributed by atoms with E-state index in [1.807, 2.05) is 42.5 Å². The van der Waals surface area contributed by atoms with E-state index in [4.69, 9.17) is 9.47 Å². The Morgan fingerprint density at radius 3 is 2.52 bits per heavy atom. The lowest BCUT2D eigenvalue weighted by Crippen LogP contribution is -2.26. The topological polar surface area (TPSA) is 82.8 Å². The summed E-state index contributed by atoms with van der Waals surface area (Å²) in [6.07, 6.45) is 0.738. The Morgan fingerprint density at radius 1 is 1.03 bits per heavy atom. The van der Waals surface area contributed by atoms with Gasteiger partial charge in [0.15, 0.2) is 11.9 Å². The Hall–Kier alpha value is -4.26. The third-order valence-corrected chi connectivity index (χ3v) is 4.94. The fraction of sp³-hybridized carbons (Fsp3) is 0.154. The molecule has 3 aromatic carbocycles. The smallest absolute Gasteiger partial charge is 0.347 e. The molecular weight excluding hydrogens is 418 g/mol. The van der Waals surface area contributed by atoms with Crippen molar-refractivity contribution in [1.29, 1.82) is 0 Å². The lowest BCUT2D eigenvalue weighted by Gasteiger charge is -2.15. The van der Waals surface area contributed by atoms with E-state index in [1.165, 1.54) is 10.9 Å². The molecule has 0 bridgehead atoms.